The largest absolute Gasteiger partial charge is 0.339 e. The molecule has 3 aliphatic heterocycles. The molecule has 1 N–H and O–H groups in total. The average Bonchev–Trinajstić information content (AvgIpc) is 2.95. The Hall–Kier alpha value is -0.810. The molecule has 0 aromatic heterocycles. The first-order valence-electron chi connectivity index (χ1n) is 7.47. The van der Waals surface area contributed by atoms with Gasteiger partial charge in [0.05, 0.1) is 0 Å². The van der Waals surface area contributed by atoms with Gasteiger partial charge >= 0.3 is 0 Å². The number of likely N-dealkylation sites (tertiary alicyclic amines) is 2. The van der Waals surface area contributed by atoms with Crippen molar-refractivity contribution in [3.05, 3.63) is 0 Å². The minimum absolute atomic E-state index is 0. The Morgan fingerprint density at radius 2 is 1.80 bits per heavy atom. The summed E-state index contributed by atoms with van der Waals surface area (Å²) < 4.78 is 0. The Balaban J connectivity index is 0.00000147. The van der Waals surface area contributed by atoms with Crippen molar-refractivity contribution in [3.63, 3.8) is 0 Å². The van der Waals surface area contributed by atoms with E-state index in [9.17, 15) is 9.59 Å². The van der Waals surface area contributed by atoms with Gasteiger partial charge < -0.3 is 15.1 Å². The Labute approximate surface area is 126 Å². The monoisotopic (exact) mass is 301 g/mol. The highest BCUT2D eigenvalue weighted by atomic mass is 35.5. The summed E-state index contributed by atoms with van der Waals surface area (Å²) >= 11 is 0. The average molecular weight is 302 g/mol. The van der Waals surface area contributed by atoms with E-state index in [2.05, 4.69) is 5.32 Å². The summed E-state index contributed by atoms with van der Waals surface area (Å²) in [6, 6.07) is 0.855. The molecule has 20 heavy (non-hydrogen) atoms. The zero-order chi connectivity index (χ0) is 13.4. The minimum atomic E-state index is -0.200. The minimum Gasteiger partial charge on any atom is -0.339 e. The van der Waals surface area contributed by atoms with E-state index in [1.807, 2.05) is 4.90 Å². The lowest BCUT2D eigenvalue weighted by atomic mass is 10.1. The molecule has 6 heteroatoms. The SMILES string of the molecule is CC(=O)N1CCCC1C(=O)N1CCC2CCC(C1)N2.Cl. The molecule has 114 valence electrons. The number of rotatable bonds is 1. The highest BCUT2D eigenvalue weighted by Crippen LogP contribution is 2.24. The van der Waals surface area contributed by atoms with Crippen molar-refractivity contribution in [1.82, 2.24) is 15.1 Å². The number of nitrogens with one attached hydrogen (secondary N) is 1. The van der Waals surface area contributed by atoms with Crippen LogP contribution in [0.15, 0.2) is 0 Å². The van der Waals surface area contributed by atoms with Crippen molar-refractivity contribution in [1.29, 1.82) is 0 Å². The van der Waals surface area contributed by atoms with Crippen LogP contribution in [-0.2, 0) is 9.59 Å². The molecule has 2 bridgehead atoms. The number of hydrogen-bond donors (Lipinski definition) is 1. The molecular weight excluding hydrogens is 278 g/mol. The third kappa shape index (κ3) is 2.93. The van der Waals surface area contributed by atoms with Crippen molar-refractivity contribution in [2.24, 2.45) is 0 Å². The van der Waals surface area contributed by atoms with E-state index in [0.717, 1.165) is 38.9 Å². The molecular formula is C14H24ClN3O2. The zero-order valence-electron chi connectivity index (χ0n) is 12.0. The fraction of sp³-hybridized carbons (Fsp3) is 0.857. The van der Waals surface area contributed by atoms with Gasteiger partial charge in [0.25, 0.3) is 0 Å². The van der Waals surface area contributed by atoms with Gasteiger partial charge in [-0.15, -0.1) is 12.4 Å². The first kappa shape index (κ1) is 15.6. The maximum atomic E-state index is 12.6. The first-order chi connectivity index (χ1) is 9.15. The van der Waals surface area contributed by atoms with Gasteiger partial charge in [-0.05, 0) is 32.1 Å². The van der Waals surface area contributed by atoms with E-state index in [0.29, 0.717) is 12.1 Å². The van der Waals surface area contributed by atoms with E-state index in [4.69, 9.17) is 0 Å². The molecule has 3 rings (SSSR count). The smallest absolute Gasteiger partial charge is 0.245 e. The first-order valence-corrected chi connectivity index (χ1v) is 7.47. The van der Waals surface area contributed by atoms with E-state index >= 15 is 0 Å². The van der Waals surface area contributed by atoms with Crippen LogP contribution >= 0.6 is 12.4 Å². The summed E-state index contributed by atoms with van der Waals surface area (Å²) in [5.41, 5.74) is 0. The summed E-state index contributed by atoms with van der Waals surface area (Å²) in [5, 5.41) is 3.59. The van der Waals surface area contributed by atoms with Gasteiger partial charge in [-0.3, -0.25) is 9.59 Å². The molecule has 0 aliphatic carbocycles. The Morgan fingerprint density at radius 3 is 2.55 bits per heavy atom. The highest BCUT2D eigenvalue weighted by molar-refractivity contribution is 5.87. The van der Waals surface area contributed by atoms with Gasteiger partial charge in [-0.25, -0.2) is 0 Å². The third-order valence-corrected chi connectivity index (χ3v) is 4.78. The van der Waals surface area contributed by atoms with Crippen LogP contribution in [0.5, 0.6) is 0 Å². The quantitative estimate of drug-likeness (QED) is 0.778. The molecule has 0 aromatic carbocycles. The lowest BCUT2D eigenvalue weighted by molar-refractivity contribution is -0.143. The molecule has 3 aliphatic rings. The van der Waals surface area contributed by atoms with Crippen molar-refractivity contribution >= 4 is 24.2 Å². The molecule has 0 radical (unpaired) electrons. The second-order valence-electron chi connectivity index (χ2n) is 6.08. The van der Waals surface area contributed by atoms with Crippen LogP contribution in [0.4, 0.5) is 0 Å². The molecule has 3 atom stereocenters. The Bertz CT molecular complexity index is 391. The molecule has 5 nitrogen and oxygen atoms in total. The molecule has 3 saturated heterocycles. The van der Waals surface area contributed by atoms with Crippen LogP contribution in [-0.4, -0.2) is 59.4 Å². The molecule has 0 saturated carbocycles. The van der Waals surface area contributed by atoms with Gasteiger partial charge in [0.2, 0.25) is 11.8 Å². The number of nitrogens with zero attached hydrogens (tertiary/aromatic N) is 2. The van der Waals surface area contributed by atoms with Gasteiger partial charge in [0, 0.05) is 38.6 Å². The Kier molecular flexibility index (Phi) is 4.91. The molecule has 2 amide bonds. The number of fused-ring (bicyclic) bond motifs is 2. The van der Waals surface area contributed by atoms with Gasteiger partial charge in [-0.1, -0.05) is 0 Å². The summed E-state index contributed by atoms with van der Waals surface area (Å²) in [4.78, 5) is 28.0. The number of halogens is 1. The standard InChI is InChI=1S/C14H23N3O2.ClH/c1-10(18)17-7-2-3-13(17)14(19)16-8-6-11-4-5-12(9-16)15-11;/h11-13,15H,2-9H2,1H3;1H. The summed E-state index contributed by atoms with van der Waals surface area (Å²) in [5.74, 6) is 0.201. The Morgan fingerprint density at radius 1 is 1.05 bits per heavy atom. The van der Waals surface area contributed by atoms with Crippen molar-refractivity contribution in [2.75, 3.05) is 19.6 Å². The van der Waals surface area contributed by atoms with Crippen molar-refractivity contribution in [3.8, 4) is 0 Å². The molecule has 3 fully saturated rings. The number of carbonyl (C=O) groups is 2. The van der Waals surface area contributed by atoms with E-state index in [1.165, 1.54) is 12.8 Å². The van der Waals surface area contributed by atoms with E-state index in [-0.39, 0.29) is 30.3 Å². The van der Waals surface area contributed by atoms with Gasteiger partial charge in [0.1, 0.15) is 6.04 Å². The predicted octanol–water partition coefficient (Wildman–Crippen LogP) is 0.772. The van der Waals surface area contributed by atoms with Crippen LogP contribution in [0, 0.1) is 0 Å². The normalized spacial score (nSPS) is 32.8. The van der Waals surface area contributed by atoms with Crippen LogP contribution in [0.2, 0.25) is 0 Å². The topological polar surface area (TPSA) is 52.7 Å². The third-order valence-electron chi connectivity index (χ3n) is 4.78. The lowest BCUT2D eigenvalue weighted by Gasteiger charge is -2.30. The van der Waals surface area contributed by atoms with Crippen molar-refractivity contribution < 1.29 is 9.59 Å². The number of hydrogen-bond acceptors (Lipinski definition) is 3. The maximum absolute atomic E-state index is 12.6. The van der Waals surface area contributed by atoms with Crippen LogP contribution in [0.3, 0.4) is 0 Å². The fourth-order valence-corrected chi connectivity index (χ4v) is 3.75. The van der Waals surface area contributed by atoms with Crippen LogP contribution in [0.1, 0.15) is 39.0 Å². The number of amides is 2. The number of carbonyl (C=O) groups excluding carboxylic acids is 2. The molecule has 3 unspecified atom stereocenters. The van der Waals surface area contributed by atoms with Gasteiger partial charge in [-0.2, -0.15) is 0 Å². The second kappa shape index (κ2) is 6.31. The predicted molar refractivity (Wildman–Crippen MR) is 78.8 cm³/mol. The van der Waals surface area contributed by atoms with Crippen LogP contribution < -0.4 is 5.32 Å². The summed E-state index contributed by atoms with van der Waals surface area (Å²) in [7, 11) is 0. The maximum Gasteiger partial charge on any atom is 0.245 e. The second-order valence-corrected chi connectivity index (χ2v) is 6.08. The summed E-state index contributed by atoms with van der Waals surface area (Å²) in [6.45, 7) is 3.97. The highest BCUT2D eigenvalue weighted by Gasteiger charge is 2.38. The van der Waals surface area contributed by atoms with Crippen molar-refractivity contribution in [2.45, 2.75) is 57.2 Å². The van der Waals surface area contributed by atoms with Crippen LogP contribution in [0.25, 0.3) is 0 Å². The lowest BCUT2D eigenvalue weighted by Crippen LogP contribution is -2.49. The summed E-state index contributed by atoms with van der Waals surface area (Å²) in [6.07, 6.45) is 5.25. The molecule has 0 aromatic rings. The zero-order valence-corrected chi connectivity index (χ0v) is 12.8. The molecule has 3 heterocycles. The van der Waals surface area contributed by atoms with E-state index < -0.39 is 0 Å². The molecule has 0 spiro atoms. The fourth-order valence-electron chi connectivity index (χ4n) is 3.75. The van der Waals surface area contributed by atoms with E-state index in [1.54, 1.807) is 11.8 Å². The van der Waals surface area contributed by atoms with Gasteiger partial charge in [0.15, 0.2) is 0 Å².